The summed E-state index contributed by atoms with van der Waals surface area (Å²) in [5.74, 6) is -0.366. The van der Waals surface area contributed by atoms with Crippen LogP contribution < -0.4 is 10.6 Å². The Morgan fingerprint density at radius 2 is 1.63 bits per heavy atom. The molecule has 0 bridgehead atoms. The first-order valence-electron chi connectivity index (χ1n) is 10.2. The number of rotatable bonds is 6. The predicted molar refractivity (Wildman–Crippen MR) is 98.7 cm³/mol. The average Bonchev–Trinajstić information content (AvgIpc) is 3.07. The molecule has 0 unspecified atom stereocenters. The van der Waals surface area contributed by atoms with Crippen LogP contribution in [0.15, 0.2) is 0 Å². The molecule has 2 heterocycles. The maximum absolute atomic E-state index is 12.5. The lowest BCUT2D eigenvalue weighted by Crippen LogP contribution is -2.44. The normalized spacial score (nSPS) is 22.1. The van der Waals surface area contributed by atoms with Gasteiger partial charge in [0, 0.05) is 39.0 Å². The van der Waals surface area contributed by atoms with Gasteiger partial charge in [0.15, 0.2) is 0 Å². The number of hydrogen-bond donors (Lipinski definition) is 2. The van der Waals surface area contributed by atoms with Crippen molar-refractivity contribution in [2.45, 2.75) is 69.7 Å². The molecule has 2 aliphatic heterocycles. The van der Waals surface area contributed by atoms with Crippen molar-refractivity contribution < 1.29 is 19.2 Å². The van der Waals surface area contributed by atoms with Crippen molar-refractivity contribution in [1.82, 2.24) is 20.4 Å². The Morgan fingerprint density at radius 1 is 0.963 bits per heavy atom. The van der Waals surface area contributed by atoms with Gasteiger partial charge in [-0.3, -0.25) is 19.3 Å². The number of urea groups is 1. The van der Waals surface area contributed by atoms with Crippen LogP contribution in [0, 0.1) is 0 Å². The molecule has 8 heteroatoms. The minimum absolute atomic E-state index is 0.0626. The Morgan fingerprint density at radius 3 is 2.30 bits per heavy atom. The number of carbonyl (C=O) groups excluding carboxylic acids is 4. The number of amides is 5. The van der Waals surface area contributed by atoms with Gasteiger partial charge >= 0.3 is 6.03 Å². The first-order valence-corrected chi connectivity index (χ1v) is 10.2. The van der Waals surface area contributed by atoms with Crippen LogP contribution in [0.1, 0.15) is 64.2 Å². The number of carbonyl (C=O) groups is 4. The molecule has 0 atom stereocenters. The van der Waals surface area contributed by atoms with Crippen LogP contribution in [-0.2, 0) is 14.4 Å². The minimum atomic E-state index is -0.729. The van der Waals surface area contributed by atoms with Crippen molar-refractivity contribution >= 4 is 23.8 Å². The molecule has 1 spiro atoms. The topological polar surface area (TPSA) is 98.8 Å². The highest BCUT2D eigenvalue weighted by atomic mass is 16.2. The van der Waals surface area contributed by atoms with E-state index in [-0.39, 0.29) is 43.7 Å². The van der Waals surface area contributed by atoms with E-state index in [1.54, 1.807) is 0 Å². The molecular weight excluding hydrogens is 348 g/mol. The van der Waals surface area contributed by atoms with E-state index in [9.17, 15) is 19.2 Å². The number of likely N-dealkylation sites (tertiary alicyclic amines) is 1. The monoisotopic (exact) mass is 378 g/mol. The van der Waals surface area contributed by atoms with Gasteiger partial charge in [-0.15, -0.1) is 0 Å². The third kappa shape index (κ3) is 4.59. The first kappa shape index (κ1) is 19.6. The number of hydrogen-bond acceptors (Lipinski definition) is 4. The van der Waals surface area contributed by atoms with Gasteiger partial charge in [-0.05, 0) is 25.7 Å². The fourth-order valence-electron chi connectivity index (χ4n) is 4.29. The van der Waals surface area contributed by atoms with Gasteiger partial charge in [0.25, 0.3) is 5.91 Å². The third-order valence-electron chi connectivity index (χ3n) is 5.89. The van der Waals surface area contributed by atoms with Gasteiger partial charge in [0.05, 0.1) is 0 Å². The van der Waals surface area contributed by atoms with Crippen molar-refractivity contribution in [2.24, 2.45) is 0 Å². The minimum Gasteiger partial charge on any atom is -0.356 e. The Labute approximate surface area is 160 Å². The summed E-state index contributed by atoms with van der Waals surface area (Å²) in [7, 11) is 0. The summed E-state index contributed by atoms with van der Waals surface area (Å²) in [6.07, 6.45) is 8.02. The zero-order chi connectivity index (χ0) is 19.3. The molecular formula is C19H30N4O4. The first-order chi connectivity index (χ1) is 13.0. The molecule has 0 aromatic carbocycles. The molecule has 0 aromatic heterocycles. The van der Waals surface area contributed by atoms with E-state index in [4.69, 9.17) is 0 Å². The Hall–Kier alpha value is -2.12. The number of nitrogens with one attached hydrogen (secondary N) is 2. The van der Waals surface area contributed by atoms with Gasteiger partial charge in [-0.2, -0.15) is 0 Å². The van der Waals surface area contributed by atoms with E-state index < -0.39 is 11.6 Å². The van der Waals surface area contributed by atoms with Crippen molar-refractivity contribution in [3.05, 3.63) is 0 Å². The van der Waals surface area contributed by atoms with Crippen LogP contribution in [-0.4, -0.2) is 65.3 Å². The summed E-state index contributed by atoms with van der Waals surface area (Å²) >= 11 is 0. The van der Waals surface area contributed by atoms with Crippen LogP contribution in [0.2, 0.25) is 0 Å². The Kier molecular flexibility index (Phi) is 6.34. The molecule has 27 heavy (non-hydrogen) atoms. The fourth-order valence-corrected chi connectivity index (χ4v) is 4.29. The lowest BCUT2D eigenvalue weighted by Gasteiger charge is -2.20. The Bertz CT molecular complexity index is 593. The molecule has 2 N–H and O–H groups in total. The van der Waals surface area contributed by atoms with Crippen molar-refractivity contribution in [3.63, 3.8) is 0 Å². The summed E-state index contributed by atoms with van der Waals surface area (Å²) in [5.41, 5.74) is -0.729. The second-order valence-electron chi connectivity index (χ2n) is 7.82. The van der Waals surface area contributed by atoms with Gasteiger partial charge in [0.1, 0.15) is 5.54 Å². The summed E-state index contributed by atoms with van der Waals surface area (Å²) in [5, 5.41) is 5.53. The van der Waals surface area contributed by atoms with E-state index in [2.05, 4.69) is 10.6 Å². The van der Waals surface area contributed by atoms with Crippen molar-refractivity contribution in [1.29, 1.82) is 0 Å². The van der Waals surface area contributed by atoms with Crippen LogP contribution in [0.4, 0.5) is 4.79 Å². The summed E-state index contributed by atoms with van der Waals surface area (Å²) in [6, 6.07) is -0.397. The van der Waals surface area contributed by atoms with Crippen molar-refractivity contribution in [3.8, 4) is 0 Å². The predicted octanol–water partition coefficient (Wildman–Crippen LogP) is 1.15. The van der Waals surface area contributed by atoms with E-state index in [0.717, 1.165) is 43.7 Å². The largest absolute Gasteiger partial charge is 0.356 e. The zero-order valence-corrected chi connectivity index (χ0v) is 15.9. The maximum Gasteiger partial charge on any atom is 0.325 e. The molecule has 5 amide bonds. The fraction of sp³-hybridized carbons (Fsp3) is 0.789. The van der Waals surface area contributed by atoms with Gasteiger partial charge in [0.2, 0.25) is 11.8 Å². The lowest BCUT2D eigenvalue weighted by atomic mass is 9.98. The molecule has 3 fully saturated rings. The van der Waals surface area contributed by atoms with E-state index >= 15 is 0 Å². The number of imide groups is 1. The second kappa shape index (κ2) is 8.71. The molecule has 0 radical (unpaired) electrons. The third-order valence-corrected chi connectivity index (χ3v) is 5.89. The lowest BCUT2D eigenvalue weighted by molar-refractivity contribution is -0.131. The van der Waals surface area contributed by atoms with E-state index in [1.807, 2.05) is 4.90 Å². The molecule has 3 rings (SSSR count). The van der Waals surface area contributed by atoms with Crippen LogP contribution in [0.5, 0.6) is 0 Å². The molecule has 3 aliphatic rings. The highest BCUT2D eigenvalue weighted by Crippen LogP contribution is 2.34. The zero-order valence-electron chi connectivity index (χ0n) is 15.9. The van der Waals surface area contributed by atoms with Crippen LogP contribution >= 0.6 is 0 Å². The molecule has 1 aliphatic carbocycles. The SMILES string of the molecule is O=C(CCN1C(=O)NC2(CCCC2)C1=O)NCCC(=O)N1CCCCCC1. The summed E-state index contributed by atoms with van der Waals surface area (Å²) < 4.78 is 0. The van der Waals surface area contributed by atoms with Crippen LogP contribution in [0.25, 0.3) is 0 Å². The quantitative estimate of drug-likeness (QED) is 0.677. The van der Waals surface area contributed by atoms with Crippen molar-refractivity contribution in [2.75, 3.05) is 26.2 Å². The standard InChI is InChI=1S/C19H30N4O4/c24-15(20-11-7-16(25)22-12-5-1-2-6-13-22)8-14-23-17(26)19(21-18(23)27)9-3-4-10-19/h1-14H2,(H,20,24)(H,21,27). The van der Waals surface area contributed by atoms with E-state index in [1.165, 1.54) is 12.8 Å². The van der Waals surface area contributed by atoms with E-state index in [0.29, 0.717) is 12.8 Å². The van der Waals surface area contributed by atoms with Crippen LogP contribution in [0.3, 0.4) is 0 Å². The smallest absolute Gasteiger partial charge is 0.325 e. The number of nitrogens with zero attached hydrogens (tertiary/aromatic N) is 2. The maximum atomic E-state index is 12.5. The second-order valence-corrected chi connectivity index (χ2v) is 7.82. The molecule has 2 saturated heterocycles. The Balaban J connectivity index is 1.36. The highest BCUT2D eigenvalue weighted by molar-refractivity contribution is 6.07. The average molecular weight is 378 g/mol. The summed E-state index contributed by atoms with van der Waals surface area (Å²) in [4.78, 5) is 51.9. The van der Waals surface area contributed by atoms with Gasteiger partial charge in [-0.25, -0.2) is 4.79 Å². The molecule has 150 valence electrons. The molecule has 1 saturated carbocycles. The molecule has 0 aromatic rings. The summed E-state index contributed by atoms with van der Waals surface area (Å²) in [6.45, 7) is 1.98. The van der Waals surface area contributed by atoms with Gasteiger partial charge < -0.3 is 15.5 Å². The van der Waals surface area contributed by atoms with Gasteiger partial charge in [-0.1, -0.05) is 25.7 Å². The highest BCUT2D eigenvalue weighted by Gasteiger charge is 2.52. The molecule has 8 nitrogen and oxygen atoms in total.